The van der Waals surface area contributed by atoms with E-state index in [9.17, 15) is 14.7 Å². The molecule has 3 atom stereocenters. The summed E-state index contributed by atoms with van der Waals surface area (Å²) in [6, 6.07) is 6.77. The monoisotopic (exact) mass is 332 g/mol. The number of amides is 1. The highest BCUT2D eigenvalue weighted by molar-refractivity contribution is 5.87. The lowest BCUT2D eigenvalue weighted by molar-refractivity contribution is -0.149. The van der Waals surface area contributed by atoms with Crippen molar-refractivity contribution < 1.29 is 19.4 Å². The average molecular weight is 332 g/mol. The quantitative estimate of drug-likeness (QED) is 0.865. The number of para-hydroxylation sites is 2. The first-order valence-corrected chi connectivity index (χ1v) is 8.52. The first kappa shape index (κ1) is 16.6. The molecular weight excluding hydrogens is 308 g/mol. The Kier molecular flexibility index (Phi) is 4.92. The Morgan fingerprint density at radius 3 is 2.79 bits per heavy atom. The topological polar surface area (TPSA) is 78.9 Å². The van der Waals surface area contributed by atoms with Crippen molar-refractivity contribution in [1.82, 2.24) is 4.90 Å². The van der Waals surface area contributed by atoms with E-state index in [0.717, 1.165) is 31.4 Å². The van der Waals surface area contributed by atoms with Gasteiger partial charge in [0.15, 0.2) is 0 Å². The molecule has 1 aliphatic heterocycles. The molecule has 0 aromatic heterocycles. The Hall–Kier alpha value is -2.24. The molecule has 0 bridgehead atoms. The molecule has 1 saturated heterocycles. The number of hydrogen-bond acceptors (Lipinski definition) is 4. The summed E-state index contributed by atoms with van der Waals surface area (Å²) in [5.74, 6) is -0.0511. The molecule has 130 valence electrons. The molecule has 2 N–H and O–H groups in total. The molecule has 1 aromatic carbocycles. The van der Waals surface area contributed by atoms with E-state index in [2.05, 4.69) is 5.32 Å². The first-order chi connectivity index (χ1) is 11.6. The molecule has 1 heterocycles. The second-order valence-corrected chi connectivity index (χ2v) is 6.56. The van der Waals surface area contributed by atoms with Crippen LogP contribution in [0.1, 0.15) is 32.1 Å². The van der Waals surface area contributed by atoms with Crippen molar-refractivity contribution in [1.29, 1.82) is 0 Å². The summed E-state index contributed by atoms with van der Waals surface area (Å²) in [5.41, 5.74) is 0.736. The molecule has 2 aliphatic rings. The largest absolute Gasteiger partial charge is 0.495 e. The lowest BCUT2D eigenvalue weighted by Gasteiger charge is -2.33. The third-order valence-electron chi connectivity index (χ3n) is 5.20. The standard InChI is InChI=1S/C18H24N2O4/c1-24-16-9-5-3-7-13(16)19-11-17(21)20-14-8-4-2-6-12(14)10-15(20)18(22)23/h3,5,7,9,12,14-15,19H,2,4,6,8,10-11H2,1H3,(H,22,23). The smallest absolute Gasteiger partial charge is 0.326 e. The molecule has 3 rings (SSSR count). The first-order valence-electron chi connectivity index (χ1n) is 8.52. The molecule has 6 heteroatoms. The molecule has 1 saturated carbocycles. The van der Waals surface area contributed by atoms with Crippen LogP contribution in [-0.2, 0) is 9.59 Å². The average Bonchev–Trinajstić information content (AvgIpc) is 3.00. The van der Waals surface area contributed by atoms with E-state index >= 15 is 0 Å². The number of likely N-dealkylation sites (tertiary alicyclic amines) is 1. The Morgan fingerprint density at radius 1 is 1.29 bits per heavy atom. The highest BCUT2D eigenvalue weighted by Crippen LogP contribution is 2.39. The van der Waals surface area contributed by atoms with Gasteiger partial charge in [0.05, 0.1) is 19.3 Å². The van der Waals surface area contributed by atoms with Gasteiger partial charge in [-0.3, -0.25) is 4.79 Å². The van der Waals surface area contributed by atoms with E-state index in [4.69, 9.17) is 4.74 Å². The van der Waals surface area contributed by atoms with Crippen LogP contribution in [0.2, 0.25) is 0 Å². The van der Waals surface area contributed by atoms with E-state index < -0.39 is 12.0 Å². The predicted octanol–water partition coefficient (Wildman–Crippen LogP) is 2.35. The van der Waals surface area contributed by atoms with Crippen molar-refractivity contribution >= 4 is 17.6 Å². The third-order valence-corrected chi connectivity index (χ3v) is 5.20. The van der Waals surface area contributed by atoms with Crippen LogP contribution in [0.15, 0.2) is 24.3 Å². The molecule has 0 spiro atoms. The van der Waals surface area contributed by atoms with Gasteiger partial charge in [0.25, 0.3) is 0 Å². The maximum atomic E-state index is 12.7. The molecule has 2 fully saturated rings. The summed E-state index contributed by atoms with van der Waals surface area (Å²) < 4.78 is 5.27. The number of nitrogens with zero attached hydrogens (tertiary/aromatic N) is 1. The number of carboxylic acid groups (broad SMARTS) is 1. The Labute approximate surface area is 141 Å². The number of aliphatic carboxylic acids is 1. The number of ether oxygens (including phenoxy) is 1. The van der Waals surface area contributed by atoms with E-state index in [0.29, 0.717) is 18.1 Å². The fourth-order valence-electron chi connectivity index (χ4n) is 4.09. The number of carboxylic acids is 1. The Balaban J connectivity index is 1.71. The van der Waals surface area contributed by atoms with Gasteiger partial charge < -0.3 is 20.1 Å². The van der Waals surface area contributed by atoms with Crippen LogP contribution in [0.4, 0.5) is 5.69 Å². The number of carbonyl (C=O) groups is 2. The van der Waals surface area contributed by atoms with E-state index in [1.165, 1.54) is 0 Å². The minimum Gasteiger partial charge on any atom is -0.495 e. The van der Waals surface area contributed by atoms with Crippen molar-refractivity contribution in [2.75, 3.05) is 19.0 Å². The fraction of sp³-hybridized carbons (Fsp3) is 0.556. The zero-order chi connectivity index (χ0) is 17.1. The summed E-state index contributed by atoms with van der Waals surface area (Å²) >= 11 is 0. The number of benzene rings is 1. The van der Waals surface area contributed by atoms with Gasteiger partial charge in [-0.25, -0.2) is 4.79 Å². The second kappa shape index (κ2) is 7.11. The molecule has 1 aliphatic carbocycles. The maximum Gasteiger partial charge on any atom is 0.326 e. The van der Waals surface area contributed by atoms with Crippen LogP contribution in [0.25, 0.3) is 0 Å². The van der Waals surface area contributed by atoms with Crippen molar-refractivity contribution in [2.24, 2.45) is 5.92 Å². The van der Waals surface area contributed by atoms with Crippen LogP contribution in [0.3, 0.4) is 0 Å². The van der Waals surface area contributed by atoms with E-state index in [1.807, 2.05) is 24.3 Å². The molecule has 1 aromatic rings. The zero-order valence-electron chi connectivity index (χ0n) is 13.9. The van der Waals surface area contributed by atoms with Crippen molar-refractivity contribution in [2.45, 2.75) is 44.2 Å². The van der Waals surface area contributed by atoms with Crippen LogP contribution in [0, 0.1) is 5.92 Å². The molecular formula is C18H24N2O4. The highest BCUT2D eigenvalue weighted by atomic mass is 16.5. The van der Waals surface area contributed by atoms with E-state index in [1.54, 1.807) is 12.0 Å². The van der Waals surface area contributed by atoms with Gasteiger partial charge in [-0.2, -0.15) is 0 Å². The van der Waals surface area contributed by atoms with Crippen LogP contribution >= 0.6 is 0 Å². The minimum absolute atomic E-state index is 0.0758. The van der Waals surface area contributed by atoms with Gasteiger partial charge in [-0.05, 0) is 37.3 Å². The number of hydrogen-bond donors (Lipinski definition) is 2. The van der Waals surface area contributed by atoms with Crippen LogP contribution < -0.4 is 10.1 Å². The second-order valence-electron chi connectivity index (χ2n) is 6.56. The number of nitrogens with one attached hydrogen (secondary N) is 1. The molecule has 1 amide bonds. The maximum absolute atomic E-state index is 12.7. The van der Waals surface area contributed by atoms with Gasteiger partial charge in [0.1, 0.15) is 11.8 Å². The van der Waals surface area contributed by atoms with Crippen LogP contribution in [-0.4, -0.2) is 47.6 Å². The molecule has 24 heavy (non-hydrogen) atoms. The van der Waals surface area contributed by atoms with Gasteiger partial charge in [0.2, 0.25) is 5.91 Å². The summed E-state index contributed by atoms with van der Waals surface area (Å²) in [6.45, 7) is 0.0768. The normalized spacial score (nSPS) is 25.9. The number of carbonyl (C=O) groups excluding carboxylic acids is 1. The summed E-state index contributed by atoms with van der Waals surface area (Å²) in [5, 5.41) is 12.6. The Morgan fingerprint density at radius 2 is 2.04 bits per heavy atom. The van der Waals surface area contributed by atoms with E-state index in [-0.39, 0.29) is 18.5 Å². The summed E-state index contributed by atoms with van der Waals surface area (Å²) in [4.78, 5) is 26.0. The number of fused-ring (bicyclic) bond motifs is 1. The van der Waals surface area contributed by atoms with Crippen molar-refractivity contribution in [3.63, 3.8) is 0 Å². The number of methoxy groups -OCH3 is 1. The lowest BCUT2D eigenvalue weighted by atomic mass is 9.85. The minimum atomic E-state index is -0.893. The fourth-order valence-corrected chi connectivity index (χ4v) is 4.09. The van der Waals surface area contributed by atoms with Crippen molar-refractivity contribution in [3.8, 4) is 5.75 Å². The van der Waals surface area contributed by atoms with Gasteiger partial charge in [0, 0.05) is 6.04 Å². The summed E-state index contributed by atoms with van der Waals surface area (Å²) in [6.07, 6.45) is 4.72. The summed E-state index contributed by atoms with van der Waals surface area (Å²) in [7, 11) is 1.58. The molecule has 0 radical (unpaired) electrons. The zero-order valence-corrected chi connectivity index (χ0v) is 13.9. The Bertz CT molecular complexity index is 619. The highest BCUT2D eigenvalue weighted by Gasteiger charge is 2.47. The lowest BCUT2D eigenvalue weighted by Crippen LogP contribution is -2.48. The predicted molar refractivity (Wildman–Crippen MR) is 90.1 cm³/mol. The van der Waals surface area contributed by atoms with Crippen molar-refractivity contribution in [3.05, 3.63) is 24.3 Å². The van der Waals surface area contributed by atoms with Gasteiger partial charge >= 0.3 is 5.97 Å². The molecule has 6 nitrogen and oxygen atoms in total. The number of rotatable bonds is 5. The SMILES string of the molecule is COc1ccccc1NCC(=O)N1C(C(=O)O)CC2CCCCC21. The van der Waals surface area contributed by atoms with Crippen LogP contribution in [0.5, 0.6) is 5.75 Å². The third kappa shape index (κ3) is 3.18. The van der Waals surface area contributed by atoms with Gasteiger partial charge in [-0.1, -0.05) is 25.0 Å². The molecule has 3 unspecified atom stereocenters. The van der Waals surface area contributed by atoms with Gasteiger partial charge in [-0.15, -0.1) is 0 Å². The number of anilines is 1.